The molecule has 0 bridgehead atoms. The van der Waals surface area contributed by atoms with Crippen molar-refractivity contribution in [1.82, 2.24) is 19.7 Å². The Balaban J connectivity index is 2.18. The van der Waals surface area contributed by atoms with E-state index in [0.717, 1.165) is 11.3 Å². The van der Waals surface area contributed by atoms with Crippen LogP contribution in [0.3, 0.4) is 0 Å². The molecule has 2 heterocycles. The fraction of sp³-hybridized carbons (Fsp3) is 0.364. The zero-order chi connectivity index (χ0) is 11.5. The van der Waals surface area contributed by atoms with Crippen molar-refractivity contribution in [2.45, 2.75) is 26.4 Å². The van der Waals surface area contributed by atoms with Gasteiger partial charge < -0.3 is 5.73 Å². The van der Waals surface area contributed by atoms with Gasteiger partial charge in [0.2, 0.25) is 0 Å². The molecule has 84 valence electrons. The van der Waals surface area contributed by atoms with E-state index in [1.807, 2.05) is 26.0 Å². The molecule has 0 aliphatic rings. The Labute approximate surface area is 94.3 Å². The van der Waals surface area contributed by atoms with Gasteiger partial charge in [-0.3, -0.25) is 4.98 Å². The van der Waals surface area contributed by atoms with Crippen LogP contribution in [-0.2, 0) is 6.54 Å². The molecule has 0 aliphatic heterocycles. The van der Waals surface area contributed by atoms with Crippen molar-refractivity contribution in [2.24, 2.45) is 5.73 Å². The maximum atomic E-state index is 5.70. The first-order chi connectivity index (χ1) is 7.66. The second kappa shape index (κ2) is 4.40. The van der Waals surface area contributed by atoms with E-state index < -0.39 is 0 Å². The molecule has 0 saturated heterocycles. The van der Waals surface area contributed by atoms with Crippen LogP contribution in [0.25, 0.3) is 0 Å². The highest BCUT2D eigenvalue weighted by atomic mass is 15.3. The van der Waals surface area contributed by atoms with Gasteiger partial charge in [0.25, 0.3) is 0 Å². The van der Waals surface area contributed by atoms with Crippen molar-refractivity contribution >= 4 is 0 Å². The summed E-state index contributed by atoms with van der Waals surface area (Å²) in [6.07, 6.45) is 3.47. The van der Waals surface area contributed by atoms with Crippen molar-refractivity contribution in [2.75, 3.05) is 0 Å². The topological polar surface area (TPSA) is 69.6 Å². The van der Waals surface area contributed by atoms with Crippen molar-refractivity contribution in [3.8, 4) is 0 Å². The van der Waals surface area contributed by atoms with Crippen molar-refractivity contribution in [1.29, 1.82) is 0 Å². The summed E-state index contributed by atoms with van der Waals surface area (Å²) in [6.45, 7) is 4.53. The number of hydrogen-bond donors (Lipinski definition) is 1. The van der Waals surface area contributed by atoms with Crippen LogP contribution in [0.5, 0.6) is 0 Å². The molecule has 0 aromatic carbocycles. The number of pyridine rings is 1. The third-order valence-corrected chi connectivity index (χ3v) is 2.39. The number of nitrogens with two attached hydrogens (primary N) is 1. The Morgan fingerprint density at radius 3 is 2.88 bits per heavy atom. The van der Waals surface area contributed by atoms with Crippen LogP contribution in [0.1, 0.15) is 30.0 Å². The monoisotopic (exact) mass is 217 g/mol. The van der Waals surface area contributed by atoms with E-state index in [9.17, 15) is 0 Å². The van der Waals surface area contributed by atoms with Crippen LogP contribution in [0.4, 0.5) is 0 Å². The number of hydrogen-bond acceptors (Lipinski definition) is 4. The van der Waals surface area contributed by atoms with E-state index in [1.165, 1.54) is 0 Å². The number of aryl methyl sites for hydroxylation is 1. The zero-order valence-electron chi connectivity index (χ0n) is 9.46. The minimum absolute atomic E-state index is 0.133. The highest BCUT2D eigenvalue weighted by Crippen LogP contribution is 2.06. The predicted octanol–water partition coefficient (Wildman–Crippen LogP) is 1.05. The van der Waals surface area contributed by atoms with E-state index in [2.05, 4.69) is 15.1 Å². The van der Waals surface area contributed by atoms with Crippen LogP contribution < -0.4 is 5.73 Å². The lowest BCUT2D eigenvalue weighted by molar-refractivity contribution is 0.638. The Bertz CT molecular complexity index is 475. The first-order valence-corrected chi connectivity index (χ1v) is 5.22. The number of aromatic nitrogens is 4. The predicted molar refractivity (Wildman–Crippen MR) is 60.7 cm³/mol. The third kappa shape index (κ3) is 2.25. The molecule has 0 saturated carbocycles. The minimum atomic E-state index is -0.133. The summed E-state index contributed by atoms with van der Waals surface area (Å²) in [6, 6.07) is 3.82. The lowest BCUT2D eigenvalue weighted by Crippen LogP contribution is -2.09. The molecule has 1 atom stereocenters. The lowest BCUT2D eigenvalue weighted by atomic mass is 10.2. The van der Waals surface area contributed by atoms with Crippen molar-refractivity contribution in [3.63, 3.8) is 0 Å². The quantitative estimate of drug-likeness (QED) is 0.834. The van der Waals surface area contributed by atoms with Crippen LogP contribution in [0.15, 0.2) is 24.7 Å². The van der Waals surface area contributed by atoms with Gasteiger partial charge in [0.15, 0.2) is 5.82 Å². The summed E-state index contributed by atoms with van der Waals surface area (Å²) in [7, 11) is 0. The average Bonchev–Trinajstić information content (AvgIpc) is 2.70. The summed E-state index contributed by atoms with van der Waals surface area (Å²) < 4.78 is 1.76. The van der Waals surface area contributed by atoms with Gasteiger partial charge >= 0.3 is 0 Å². The molecule has 1 unspecified atom stereocenters. The maximum absolute atomic E-state index is 5.70. The molecule has 0 aliphatic carbocycles. The zero-order valence-corrected chi connectivity index (χ0v) is 9.46. The summed E-state index contributed by atoms with van der Waals surface area (Å²) in [5.74, 6) is 0.661. The van der Waals surface area contributed by atoms with Gasteiger partial charge in [0, 0.05) is 6.20 Å². The van der Waals surface area contributed by atoms with Crippen LogP contribution in [-0.4, -0.2) is 19.7 Å². The number of rotatable bonds is 3. The van der Waals surface area contributed by atoms with Gasteiger partial charge in [-0.25, -0.2) is 9.67 Å². The van der Waals surface area contributed by atoms with Gasteiger partial charge in [-0.05, 0) is 25.5 Å². The van der Waals surface area contributed by atoms with Gasteiger partial charge in [0.1, 0.15) is 6.33 Å². The molecular weight excluding hydrogens is 202 g/mol. The second-order valence-corrected chi connectivity index (χ2v) is 3.86. The molecule has 16 heavy (non-hydrogen) atoms. The smallest absolute Gasteiger partial charge is 0.166 e. The van der Waals surface area contributed by atoms with Crippen LogP contribution in [0, 0.1) is 6.92 Å². The van der Waals surface area contributed by atoms with E-state index in [0.29, 0.717) is 12.4 Å². The van der Waals surface area contributed by atoms with Gasteiger partial charge in [-0.2, -0.15) is 5.10 Å². The van der Waals surface area contributed by atoms with E-state index in [-0.39, 0.29) is 6.04 Å². The summed E-state index contributed by atoms with van der Waals surface area (Å²) in [5, 5.41) is 4.29. The Hall–Kier alpha value is -1.75. The summed E-state index contributed by atoms with van der Waals surface area (Å²) in [4.78, 5) is 8.45. The third-order valence-electron chi connectivity index (χ3n) is 2.39. The minimum Gasteiger partial charge on any atom is -0.321 e. The standard InChI is InChI=1S/C11H15N5/c1-8-4-3-5-13-10(8)6-16-7-14-11(15-16)9(2)12/h3-5,7,9H,6,12H2,1-2H3. The molecule has 2 aromatic rings. The molecule has 2 aromatic heterocycles. The fourth-order valence-corrected chi connectivity index (χ4v) is 1.43. The molecule has 0 radical (unpaired) electrons. The second-order valence-electron chi connectivity index (χ2n) is 3.86. The highest BCUT2D eigenvalue weighted by Gasteiger charge is 2.06. The Kier molecular flexibility index (Phi) is 2.96. The summed E-state index contributed by atoms with van der Waals surface area (Å²) in [5.41, 5.74) is 7.85. The van der Waals surface area contributed by atoms with E-state index >= 15 is 0 Å². The normalized spacial score (nSPS) is 12.7. The average molecular weight is 217 g/mol. The molecule has 0 amide bonds. The largest absolute Gasteiger partial charge is 0.321 e. The van der Waals surface area contributed by atoms with E-state index in [4.69, 9.17) is 5.73 Å². The first-order valence-electron chi connectivity index (χ1n) is 5.22. The lowest BCUT2D eigenvalue weighted by Gasteiger charge is -2.03. The van der Waals surface area contributed by atoms with Crippen molar-refractivity contribution in [3.05, 3.63) is 41.7 Å². The Morgan fingerprint density at radius 2 is 2.25 bits per heavy atom. The van der Waals surface area contributed by atoms with Crippen LogP contribution >= 0.6 is 0 Å². The fourth-order valence-electron chi connectivity index (χ4n) is 1.43. The van der Waals surface area contributed by atoms with Crippen molar-refractivity contribution < 1.29 is 0 Å². The summed E-state index contributed by atoms with van der Waals surface area (Å²) >= 11 is 0. The molecule has 5 heteroatoms. The molecular formula is C11H15N5. The first kappa shape index (κ1) is 10.8. The van der Waals surface area contributed by atoms with Crippen LogP contribution in [0.2, 0.25) is 0 Å². The highest BCUT2D eigenvalue weighted by molar-refractivity contribution is 5.17. The van der Waals surface area contributed by atoms with Gasteiger partial charge in [-0.1, -0.05) is 6.07 Å². The molecule has 0 spiro atoms. The molecule has 5 nitrogen and oxygen atoms in total. The molecule has 2 N–H and O–H groups in total. The SMILES string of the molecule is Cc1cccnc1Cn1cnc(C(C)N)n1. The van der Waals surface area contributed by atoms with Gasteiger partial charge in [0.05, 0.1) is 18.3 Å². The Morgan fingerprint density at radius 1 is 1.44 bits per heavy atom. The number of nitrogens with zero attached hydrogens (tertiary/aromatic N) is 4. The van der Waals surface area contributed by atoms with Gasteiger partial charge in [-0.15, -0.1) is 0 Å². The molecule has 2 rings (SSSR count). The maximum Gasteiger partial charge on any atom is 0.166 e. The molecule has 0 fully saturated rings. The van der Waals surface area contributed by atoms with E-state index in [1.54, 1.807) is 17.2 Å².